The van der Waals surface area contributed by atoms with Crippen LogP contribution in [0.4, 0.5) is 14.2 Å². The van der Waals surface area contributed by atoms with Gasteiger partial charge in [0.05, 0.1) is 0 Å². The predicted molar refractivity (Wildman–Crippen MR) is 111 cm³/mol. The zero-order chi connectivity index (χ0) is 21.4. The molecule has 10 heteroatoms. The Morgan fingerprint density at radius 1 is 1.28 bits per heavy atom. The molecule has 2 rings (SSSR count). The minimum Gasteiger partial charge on any atom is -0.468 e. The smallest absolute Gasteiger partial charge is 0.319 e. The third-order valence-corrected chi connectivity index (χ3v) is 5.03. The van der Waals surface area contributed by atoms with Crippen molar-refractivity contribution in [3.8, 4) is 5.88 Å². The maximum atomic E-state index is 13.9. The van der Waals surface area contributed by atoms with E-state index in [0.29, 0.717) is 24.7 Å². The summed E-state index contributed by atoms with van der Waals surface area (Å²) in [4.78, 5) is 24.0. The van der Waals surface area contributed by atoms with Crippen LogP contribution in [0.15, 0.2) is 24.3 Å². The topological polar surface area (TPSA) is 118 Å². The zero-order valence-electron chi connectivity index (χ0n) is 16.6. The average molecular weight is 424 g/mol. The number of amides is 3. The maximum Gasteiger partial charge on any atom is 0.319 e. The number of nitrogens with zero attached hydrogens (tertiary/aromatic N) is 1. The van der Waals surface area contributed by atoms with Gasteiger partial charge >= 0.3 is 6.03 Å². The lowest BCUT2D eigenvalue weighted by atomic mass is 10.1. The lowest BCUT2D eigenvalue weighted by Gasteiger charge is -2.15. The van der Waals surface area contributed by atoms with E-state index in [1.165, 1.54) is 6.07 Å². The molecule has 0 aliphatic carbocycles. The van der Waals surface area contributed by atoms with Gasteiger partial charge in [-0.15, -0.1) is 0 Å². The summed E-state index contributed by atoms with van der Waals surface area (Å²) in [5.74, 6) is -1.28. The Balaban J connectivity index is 2.02. The highest BCUT2D eigenvalue weighted by Gasteiger charge is 2.24. The summed E-state index contributed by atoms with van der Waals surface area (Å²) in [6, 6.07) is 6.02. The fraction of sp³-hybridized carbons (Fsp3) is 0.421. The lowest BCUT2D eigenvalue weighted by molar-refractivity contribution is 0.0994. The average Bonchev–Trinajstić information content (AvgIpc) is 3.07. The summed E-state index contributed by atoms with van der Waals surface area (Å²) in [6.07, 6.45) is 0.285. The Labute approximate surface area is 173 Å². The van der Waals surface area contributed by atoms with Crippen LogP contribution in [0.1, 0.15) is 49.2 Å². The summed E-state index contributed by atoms with van der Waals surface area (Å²) in [5.41, 5.74) is 5.71. The molecule has 0 saturated carbocycles. The molecular weight excluding hydrogens is 397 g/mol. The first-order valence-corrected chi connectivity index (χ1v) is 10.1. The highest BCUT2D eigenvalue weighted by Crippen LogP contribution is 2.33. The molecule has 0 bridgehead atoms. The monoisotopic (exact) mass is 423 g/mol. The number of nitrogens with one attached hydrogen (secondary N) is 3. The molecule has 0 radical (unpaired) electrons. The molecule has 8 nitrogen and oxygen atoms in total. The Morgan fingerprint density at radius 2 is 2.00 bits per heavy atom. The summed E-state index contributed by atoms with van der Waals surface area (Å²) in [5, 5.41) is 8.66. The number of nitrogens with two attached hydrogens (primary N) is 1. The van der Waals surface area contributed by atoms with Crippen LogP contribution in [-0.4, -0.2) is 35.4 Å². The van der Waals surface area contributed by atoms with E-state index in [2.05, 4.69) is 34.2 Å². The number of ether oxygens (including phenoxy) is 1. The number of hydrogen-bond donors (Lipinski definition) is 4. The van der Waals surface area contributed by atoms with Gasteiger partial charge in [-0.05, 0) is 37.9 Å². The quantitative estimate of drug-likeness (QED) is 0.438. The van der Waals surface area contributed by atoms with Gasteiger partial charge in [-0.25, -0.2) is 9.18 Å². The Hall–Kier alpha value is -2.72. The molecule has 1 aromatic heterocycles. The van der Waals surface area contributed by atoms with Gasteiger partial charge in [0.25, 0.3) is 5.91 Å². The number of carbonyl (C=O) groups is 2. The summed E-state index contributed by atoms with van der Waals surface area (Å²) < 4.78 is 23.6. The molecule has 0 fully saturated rings. The van der Waals surface area contributed by atoms with Crippen LogP contribution in [0, 0.1) is 5.82 Å². The number of aromatic nitrogens is 1. The normalized spacial score (nSPS) is 12.8. The third kappa shape index (κ3) is 6.40. The van der Waals surface area contributed by atoms with Crippen molar-refractivity contribution in [1.29, 1.82) is 0 Å². The van der Waals surface area contributed by atoms with E-state index < -0.39 is 23.9 Å². The van der Waals surface area contributed by atoms with Crippen LogP contribution < -0.4 is 26.4 Å². The van der Waals surface area contributed by atoms with Crippen molar-refractivity contribution in [1.82, 2.24) is 15.0 Å². The van der Waals surface area contributed by atoms with Gasteiger partial charge < -0.3 is 21.1 Å². The second-order valence-corrected chi connectivity index (χ2v) is 7.26. The van der Waals surface area contributed by atoms with Gasteiger partial charge in [0, 0.05) is 24.7 Å². The first kappa shape index (κ1) is 22.6. The van der Waals surface area contributed by atoms with E-state index >= 15 is 0 Å². The van der Waals surface area contributed by atoms with E-state index in [0.717, 1.165) is 18.0 Å². The van der Waals surface area contributed by atoms with E-state index in [-0.39, 0.29) is 16.4 Å². The molecule has 158 valence electrons. The number of primary amides is 1. The molecule has 1 aromatic carbocycles. The molecule has 0 spiro atoms. The number of carbonyl (C=O) groups excluding carboxylic acids is 2. The third-order valence-electron chi connectivity index (χ3n) is 4.28. The van der Waals surface area contributed by atoms with Crippen LogP contribution in [0.25, 0.3) is 0 Å². The second-order valence-electron chi connectivity index (χ2n) is 6.48. The van der Waals surface area contributed by atoms with Gasteiger partial charge in [-0.1, -0.05) is 25.1 Å². The van der Waals surface area contributed by atoms with Crippen molar-refractivity contribution in [3.63, 3.8) is 0 Å². The number of benzene rings is 1. The minimum absolute atomic E-state index is 0.0491. The highest BCUT2D eigenvalue weighted by atomic mass is 32.1. The molecule has 5 N–H and O–H groups in total. The summed E-state index contributed by atoms with van der Waals surface area (Å²) >= 11 is 0.865. The fourth-order valence-electron chi connectivity index (χ4n) is 2.48. The number of urea groups is 1. The lowest BCUT2D eigenvalue weighted by Crippen LogP contribution is -2.37. The summed E-state index contributed by atoms with van der Waals surface area (Å²) in [7, 11) is 0. The Morgan fingerprint density at radius 3 is 2.66 bits per heavy atom. The predicted octanol–water partition coefficient (Wildman–Crippen LogP) is 3.03. The molecule has 2 unspecified atom stereocenters. The van der Waals surface area contributed by atoms with Crippen molar-refractivity contribution in [3.05, 3.63) is 41.2 Å². The highest BCUT2D eigenvalue weighted by molar-refractivity contribution is 7.11. The number of halogens is 1. The number of hydrogen-bond acceptors (Lipinski definition) is 6. The van der Waals surface area contributed by atoms with Crippen molar-refractivity contribution in [2.75, 3.05) is 18.4 Å². The van der Waals surface area contributed by atoms with Crippen LogP contribution in [0.2, 0.25) is 0 Å². The SMILES string of the molecule is CCC(C)NCCNC(=O)Nc1snc(OC(C)c2ccccc2F)c1C(N)=O. The van der Waals surface area contributed by atoms with Crippen molar-refractivity contribution in [2.24, 2.45) is 5.73 Å². The van der Waals surface area contributed by atoms with Gasteiger partial charge in [-0.2, -0.15) is 4.37 Å². The van der Waals surface area contributed by atoms with E-state index in [1.54, 1.807) is 25.1 Å². The molecule has 2 atom stereocenters. The number of rotatable bonds is 10. The van der Waals surface area contributed by atoms with E-state index in [9.17, 15) is 14.0 Å². The largest absolute Gasteiger partial charge is 0.468 e. The van der Waals surface area contributed by atoms with Gasteiger partial charge in [0.15, 0.2) is 0 Å². The molecule has 0 saturated heterocycles. The molecule has 29 heavy (non-hydrogen) atoms. The van der Waals surface area contributed by atoms with E-state index in [4.69, 9.17) is 10.5 Å². The van der Waals surface area contributed by atoms with Crippen LogP contribution in [0.5, 0.6) is 5.88 Å². The van der Waals surface area contributed by atoms with Crippen molar-refractivity contribution in [2.45, 2.75) is 39.3 Å². The first-order chi connectivity index (χ1) is 13.8. The molecular formula is C19H26FN5O3S. The maximum absolute atomic E-state index is 13.9. The van der Waals surface area contributed by atoms with E-state index in [1.807, 2.05) is 0 Å². The molecule has 3 amide bonds. The molecule has 0 aliphatic heterocycles. The van der Waals surface area contributed by atoms with Gasteiger partial charge in [0.1, 0.15) is 22.5 Å². The van der Waals surface area contributed by atoms with Crippen LogP contribution in [-0.2, 0) is 0 Å². The first-order valence-electron chi connectivity index (χ1n) is 9.32. The fourth-order valence-corrected chi connectivity index (χ4v) is 3.21. The second kappa shape index (κ2) is 10.7. The minimum atomic E-state index is -0.803. The zero-order valence-corrected chi connectivity index (χ0v) is 17.4. The Kier molecular flexibility index (Phi) is 8.34. The molecule has 0 aliphatic rings. The standard InChI is InChI=1S/C19H26FN5O3S/c1-4-11(2)22-9-10-23-19(27)24-18-15(16(21)26)17(25-29-18)28-12(3)13-7-5-6-8-14(13)20/h5-8,11-12,22H,4,9-10H2,1-3H3,(H2,21,26)(H2,23,24,27). The van der Waals surface area contributed by atoms with Crippen molar-refractivity contribution >= 4 is 28.5 Å². The van der Waals surface area contributed by atoms with Gasteiger partial charge in [-0.3, -0.25) is 10.1 Å². The number of anilines is 1. The van der Waals surface area contributed by atoms with Crippen LogP contribution in [0.3, 0.4) is 0 Å². The summed E-state index contributed by atoms with van der Waals surface area (Å²) in [6.45, 7) is 6.78. The Bertz CT molecular complexity index is 845. The van der Waals surface area contributed by atoms with Crippen molar-refractivity contribution < 1.29 is 18.7 Å². The van der Waals surface area contributed by atoms with Gasteiger partial charge in [0.2, 0.25) is 5.88 Å². The molecule has 1 heterocycles. The van der Waals surface area contributed by atoms with Crippen LogP contribution >= 0.6 is 11.5 Å². The molecule has 2 aromatic rings.